The normalized spacial score (nSPS) is 10.1. The molecule has 0 radical (unpaired) electrons. The molecule has 0 spiro atoms. The number of nitro benzene ring substituents is 2. The highest BCUT2D eigenvalue weighted by Crippen LogP contribution is 2.41. The lowest BCUT2D eigenvalue weighted by molar-refractivity contribution is -0.392. The van der Waals surface area contributed by atoms with Gasteiger partial charge in [-0.15, -0.1) is 0 Å². The first-order valence-electron chi connectivity index (χ1n) is 5.93. The minimum Gasteiger partial charge on any atom is -0.398 e. The summed E-state index contributed by atoms with van der Waals surface area (Å²) in [4.78, 5) is 22.4. The largest absolute Gasteiger partial charge is 0.398 e. The second-order valence-corrected chi connectivity index (χ2v) is 4.32. The van der Waals surface area contributed by atoms with Crippen LogP contribution in [0, 0.1) is 20.2 Å². The molecule has 0 saturated heterocycles. The van der Waals surface area contributed by atoms with Crippen LogP contribution >= 0.6 is 0 Å². The van der Waals surface area contributed by atoms with Gasteiger partial charge in [-0.2, -0.15) is 0 Å². The number of nitrogen functional groups attached to an aromatic ring is 1. The van der Waals surface area contributed by atoms with E-state index in [0.717, 1.165) is 12.1 Å². The molecule has 0 aliphatic rings. The Hall–Kier alpha value is -3.16. The standard InChI is InChI=1S/C13H12N4O4/c1-15(10-5-3-2-4-6-10)13-11(16(18)19)7-9(14)8-12(13)17(20)21/h2-8H,14H2,1H3. The molecule has 0 heterocycles. The lowest BCUT2D eigenvalue weighted by atomic mass is 10.1. The average Bonchev–Trinajstić information content (AvgIpc) is 2.46. The van der Waals surface area contributed by atoms with E-state index in [2.05, 4.69) is 0 Å². The molecule has 8 heteroatoms. The highest BCUT2D eigenvalue weighted by Gasteiger charge is 2.29. The van der Waals surface area contributed by atoms with Gasteiger partial charge in [0.1, 0.15) is 0 Å². The van der Waals surface area contributed by atoms with Crippen LogP contribution in [0.2, 0.25) is 0 Å². The molecular formula is C13H12N4O4. The first-order chi connectivity index (χ1) is 9.91. The van der Waals surface area contributed by atoms with Crippen molar-refractivity contribution in [3.8, 4) is 0 Å². The monoisotopic (exact) mass is 288 g/mol. The smallest absolute Gasteiger partial charge is 0.302 e. The second-order valence-electron chi connectivity index (χ2n) is 4.32. The maximum absolute atomic E-state index is 11.2. The number of rotatable bonds is 4. The van der Waals surface area contributed by atoms with Crippen molar-refractivity contribution in [2.24, 2.45) is 0 Å². The number of hydrogen-bond acceptors (Lipinski definition) is 6. The number of nitrogens with two attached hydrogens (primary N) is 1. The SMILES string of the molecule is CN(c1ccccc1)c1c([N+](=O)[O-])cc(N)cc1[N+](=O)[O-]. The lowest BCUT2D eigenvalue weighted by Crippen LogP contribution is -2.14. The van der Waals surface area contributed by atoms with E-state index in [0.29, 0.717) is 5.69 Å². The summed E-state index contributed by atoms with van der Waals surface area (Å²) in [5, 5.41) is 22.4. The van der Waals surface area contributed by atoms with Crippen LogP contribution in [0.5, 0.6) is 0 Å². The van der Waals surface area contributed by atoms with Gasteiger partial charge in [-0.1, -0.05) is 18.2 Å². The van der Waals surface area contributed by atoms with Gasteiger partial charge in [0.05, 0.1) is 9.85 Å². The van der Waals surface area contributed by atoms with Crippen molar-refractivity contribution in [1.82, 2.24) is 0 Å². The molecule has 108 valence electrons. The second kappa shape index (κ2) is 5.45. The lowest BCUT2D eigenvalue weighted by Gasteiger charge is -2.19. The number of anilines is 3. The summed E-state index contributed by atoms with van der Waals surface area (Å²) in [5.41, 5.74) is 5.15. The molecule has 0 aliphatic carbocycles. The maximum atomic E-state index is 11.2. The predicted octanol–water partition coefficient (Wildman–Crippen LogP) is 2.85. The van der Waals surface area contributed by atoms with Crippen LogP contribution in [0.1, 0.15) is 0 Å². The molecule has 0 amide bonds. The number of nitro groups is 2. The van der Waals surface area contributed by atoms with Gasteiger partial charge in [0.2, 0.25) is 0 Å². The Morgan fingerprint density at radius 3 is 1.90 bits per heavy atom. The summed E-state index contributed by atoms with van der Waals surface area (Å²) in [6.45, 7) is 0. The summed E-state index contributed by atoms with van der Waals surface area (Å²) in [7, 11) is 1.53. The van der Waals surface area contributed by atoms with Crippen LogP contribution in [0.4, 0.5) is 28.4 Å². The molecule has 8 nitrogen and oxygen atoms in total. The third kappa shape index (κ3) is 2.73. The molecular weight excluding hydrogens is 276 g/mol. The van der Waals surface area contributed by atoms with Crippen LogP contribution in [0.15, 0.2) is 42.5 Å². The molecule has 0 aliphatic heterocycles. The summed E-state index contributed by atoms with van der Waals surface area (Å²) in [6.07, 6.45) is 0. The van der Waals surface area contributed by atoms with Gasteiger partial charge in [-0.3, -0.25) is 20.2 Å². The van der Waals surface area contributed by atoms with Crippen LogP contribution in [0.25, 0.3) is 0 Å². The highest BCUT2D eigenvalue weighted by atomic mass is 16.6. The van der Waals surface area contributed by atoms with Crippen LogP contribution in [-0.2, 0) is 0 Å². The first kappa shape index (κ1) is 14.3. The minimum atomic E-state index is -0.682. The van der Waals surface area contributed by atoms with Gasteiger partial charge >= 0.3 is 11.4 Å². The number of hydrogen-bond donors (Lipinski definition) is 1. The molecule has 21 heavy (non-hydrogen) atoms. The van der Waals surface area contributed by atoms with E-state index < -0.39 is 21.2 Å². The molecule has 2 aromatic carbocycles. The van der Waals surface area contributed by atoms with E-state index in [9.17, 15) is 20.2 Å². The van der Waals surface area contributed by atoms with Crippen molar-refractivity contribution >= 4 is 28.4 Å². The number of nitrogens with zero attached hydrogens (tertiary/aromatic N) is 3. The van der Waals surface area contributed by atoms with Gasteiger partial charge in [-0.05, 0) is 12.1 Å². The van der Waals surface area contributed by atoms with Crippen molar-refractivity contribution < 1.29 is 9.85 Å². The number of para-hydroxylation sites is 1. The quantitative estimate of drug-likeness (QED) is 0.525. The summed E-state index contributed by atoms with van der Waals surface area (Å²) < 4.78 is 0. The Morgan fingerprint density at radius 1 is 1.00 bits per heavy atom. The van der Waals surface area contributed by atoms with Crippen molar-refractivity contribution in [1.29, 1.82) is 0 Å². The molecule has 0 fully saturated rings. The van der Waals surface area contributed by atoms with E-state index >= 15 is 0 Å². The van der Waals surface area contributed by atoms with Crippen LogP contribution in [0.3, 0.4) is 0 Å². The Labute approximate surface area is 119 Å². The van der Waals surface area contributed by atoms with E-state index in [4.69, 9.17) is 5.73 Å². The zero-order valence-electron chi connectivity index (χ0n) is 11.1. The Balaban J connectivity index is 2.71. The van der Waals surface area contributed by atoms with Gasteiger partial charge in [-0.25, -0.2) is 0 Å². The molecule has 0 aromatic heterocycles. The summed E-state index contributed by atoms with van der Waals surface area (Å²) >= 11 is 0. The first-order valence-corrected chi connectivity index (χ1v) is 5.93. The molecule has 0 bridgehead atoms. The molecule has 0 saturated carbocycles. The highest BCUT2D eigenvalue weighted by molar-refractivity contribution is 5.83. The summed E-state index contributed by atoms with van der Waals surface area (Å²) in [5.74, 6) is 0. The molecule has 2 N–H and O–H groups in total. The van der Waals surface area contributed by atoms with Crippen molar-refractivity contribution in [3.63, 3.8) is 0 Å². The topological polar surface area (TPSA) is 116 Å². The fraction of sp³-hybridized carbons (Fsp3) is 0.0769. The molecule has 0 unspecified atom stereocenters. The Bertz CT molecular complexity index is 668. The molecule has 2 rings (SSSR count). The van der Waals surface area contributed by atoms with Crippen molar-refractivity contribution in [2.75, 3.05) is 17.7 Å². The van der Waals surface area contributed by atoms with Gasteiger partial charge in [0.25, 0.3) is 0 Å². The van der Waals surface area contributed by atoms with Crippen molar-refractivity contribution in [2.45, 2.75) is 0 Å². The van der Waals surface area contributed by atoms with Crippen LogP contribution < -0.4 is 10.6 Å². The third-order valence-corrected chi connectivity index (χ3v) is 2.96. The van der Waals surface area contributed by atoms with Gasteiger partial charge < -0.3 is 10.6 Å². The van der Waals surface area contributed by atoms with E-state index in [1.54, 1.807) is 30.3 Å². The van der Waals surface area contributed by atoms with E-state index in [1.807, 2.05) is 0 Å². The third-order valence-electron chi connectivity index (χ3n) is 2.96. The fourth-order valence-corrected chi connectivity index (χ4v) is 2.03. The van der Waals surface area contributed by atoms with E-state index in [1.165, 1.54) is 11.9 Å². The summed E-state index contributed by atoms with van der Waals surface area (Å²) in [6, 6.07) is 10.9. The average molecular weight is 288 g/mol. The van der Waals surface area contributed by atoms with Gasteiger partial charge in [0, 0.05) is 30.6 Å². The maximum Gasteiger partial charge on any atom is 0.302 e. The number of benzene rings is 2. The molecule has 2 aromatic rings. The molecule has 0 atom stereocenters. The fourth-order valence-electron chi connectivity index (χ4n) is 2.03. The zero-order valence-corrected chi connectivity index (χ0v) is 11.1. The van der Waals surface area contributed by atoms with Crippen molar-refractivity contribution in [3.05, 3.63) is 62.7 Å². The Morgan fingerprint density at radius 2 is 1.48 bits per heavy atom. The zero-order chi connectivity index (χ0) is 15.6. The predicted molar refractivity (Wildman–Crippen MR) is 78.7 cm³/mol. The van der Waals surface area contributed by atoms with E-state index in [-0.39, 0.29) is 11.4 Å². The van der Waals surface area contributed by atoms with Gasteiger partial charge in [0.15, 0.2) is 5.69 Å². The minimum absolute atomic E-state index is 0.0291. The Kier molecular flexibility index (Phi) is 3.70. The van der Waals surface area contributed by atoms with Crippen LogP contribution in [-0.4, -0.2) is 16.9 Å².